The van der Waals surface area contributed by atoms with Gasteiger partial charge in [0, 0.05) is 16.1 Å². The van der Waals surface area contributed by atoms with Gasteiger partial charge in [-0.25, -0.2) is 4.39 Å². The predicted molar refractivity (Wildman–Crippen MR) is 78.2 cm³/mol. The number of hydrogen-bond acceptors (Lipinski definition) is 4. The molecule has 0 saturated heterocycles. The molecule has 2 rings (SSSR count). The van der Waals surface area contributed by atoms with Crippen LogP contribution in [0.25, 0.3) is 0 Å². The van der Waals surface area contributed by atoms with Crippen molar-refractivity contribution in [1.29, 1.82) is 0 Å². The molecular formula is C14H15BrFN3O. The van der Waals surface area contributed by atoms with E-state index in [0.29, 0.717) is 23.7 Å². The van der Waals surface area contributed by atoms with Crippen LogP contribution in [0, 0.1) is 5.82 Å². The zero-order valence-electron chi connectivity index (χ0n) is 11.2. The molecule has 20 heavy (non-hydrogen) atoms. The van der Waals surface area contributed by atoms with E-state index in [-0.39, 0.29) is 11.9 Å². The summed E-state index contributed by atoms with van der Waals surface area (Å²) in [6.45, 7) is 2.64. The fourth-order valence-corrected chi connectivity index (χ4v) is 2.29. The van der Waals surface area contributed by atoms with Crippen molar-refractivity contribution >= 4 is 15.9 Å². The monoisotopic (exact) mass is 339 g/mol. The molecule has 4 nitrogen and oxygen atoms in total. The highest BCUT2D eigenvalue weighted by Crippen LogP contribution is 2.26. The number of halogens is 2. The van der Waals surface area contributed by atoms with Crippen LogP contribution in [0.15, 0.2) is 34.8 Å². The molecule has 1 unspecified atom stereocenters. The second-order valence-electron chi connectivity index (χ2n) is 4.16. The van der Waals surface area contributed by atoms with E-state index in [4.69, 9.17) is 4.74 Å². The fourth-order valence-electron chi connectivity index (χ4n) is 1.91. The van der Waals surface area contributed by atoms with Crippen LogP contribution in [0.2, 0.25) is 0 Å². The number of rotatable bonds is 5. The summed E-state index contributed by atoms with van der Waals surface area (Å²) >= 11 is 3.36. The quantitative estimate of drug-likeness (QED) is 0.909. The maximum absolute atomic E-state index is 14.0. The average molecular weight is 340 g/mol. The Labute approximate surface area is 125 Å². The molecule has 0 spiro atoms. The van der Waals surface area contributed by atoms with Crippen molar-refractivity contribution in [3.8, 4) is 5.88 Å². The second-order valence-corrected chi connectivity index (χ2v) is 5.07. The Hall–Kier alpha value is -1.53. The van der Waals surface area contributed by atoms with Gasteiger partial charge in [0.25, 0.3) is 0 Å². The minimum absolute atomic E-state index is 0.281. The van der Waals surface area contributed by atoms with Crippen molar-refractivity contribution < 1.29 is 9.13 Å². The van der Waals surface area contributed by atoms with Crippen molar-refractivity contribution in [3.05, 3.63) is 51.9 Å². The van der Waals surface area contributed by atoms with Gasteiger partial charge < -0.3 is 10.1 Å². The smallest absolute Gasteiger partial charge is 0.233 e. The number of aromatic nitrogens is 2. The summed E-state index contributed by atoms with van der Waals surface area (Å²) in [6, 6.07) is 7.98. The van der Waals surface area contributed by atoms with Crippen molar-refractivity contribution in [3.63, 3.8) is 0 Å². The maximum Gasteiger partial charge on any atom is 0.233 e. The molecular weight excluding hydrogens is 325 g/mol. The van der Waals surface area contributed by atoms with Crippen molar-refractivity contribution in [1.82, 2.24) is 15.5 Å². The highest BCUT2D eigenvalue weighted by molar-refractivity contribution is 9.10. The molecule has 0 aliphatic rings. The number of hydrogen-bond donors (Lipinski definition) is 1. The number of methoxy groups -OCH3 is 1. The first kappa shape index (κ1) is 14.9. The Morgan fingerprint density at radius 2 is 2.10 bits per heavy atom. The number of benzene rings is 1. The van der Waals surface area contributed by atoms with E-state index in [1.807, 2.05) is 6.92 Å². The van der Waals surface area contributed by atoms with Crippen LogP contribution in [0.4, 0.5) is 4.39 Å². The number of ether oxygens (including phenoxy) is 1. The molecule has 0 aliphatic carbocycles. The van der Waals surface area contributed by atoms with Crippen LogP contribution in [0.5, 0.6) is 5.88 Å². The zero-order chi connectivity index (χ0) is 14.5. The molecule has 0 saturated carbocycles. The Morgan fingerprint density at radius 1 is 1.30 bits per heavy atom. The van der Waals surface area contributed by atoms with Gasteiger partial charge in [0.1, 0.15) is 5.82 Å². The Bertz CT molecular complexity index is 577. The van der Waals surface area contributed by atoms with Gasteiger partial charge in [0.2, 0.25) is 5.88 Å². The standard InChI is InChI=1S/C14H15BrFN3O/c1-3-17-14(10-8-9(15)4-5-11(10)16)12-6-7-13(20-2)19-18-12/h4-8,14,17H,3H2,1-2H3. The van der Waals surface area contributed by atoms with Gasteiger partial charge in [-0.3, -0.25) is 0 Å². The summed E-state index contributed by atoms with van der Waals surface area (Å²) in [5.74, 6) is 0.149. The summed E-state index contributed by atoms with van der Waals surface area (Å²) < 4.78 is 19.8. The molecule has 1 N–H and O–H groups in total. The third-order valence-corrected chi connectivity index (χ3v) is 3.34. The number of nitrogens with zero attached hydrogens (tertiary/aromatic N) is 2. The molecule has 0 radical (unpaired) electrons. The van der Waals surface area contributed by atoms with Crippen molar-refractivity contribution in [2.75, 3.05) is 13.7 Å². The fraction of sp³-hybridized carbons (Fsp3) is 0.286. The van der Waals surface area contributed by atoms with E-state index >= 15 is 0 Å². The van der Waals surface area contributed by atoms with Gasteiger partial charge >= 0.3 is 0 Å². The molecule has 0 fully saturated rings. The summed E-state index contributed by atoms with van der Waals surface area (Å²) in [5, 5.41) is 11.2. The van der Waals surface area contributed by atoms with Crippen LogP contribution in [-0.4, -0.2) is 23.9 Å². The first-order valence-electron chi connectivity index (χ1n) is 6.21. The van der Waals surface area contributed by atoms with Crippen LogP contribution in [0.1, 0.15) is 24.2 Å². The lowest BCUT2D eigenvalue weighted by molar-refractivity contribution is 0.390. The Balaban J connectivity index is 2.41. The normalized spacial score (nSPS) is 12.2. The SMILES string of the molecule is CCNC(c1ccc(OC)nn1)c1cc(Br)ccc1F. The Kier molecular flexibility index (Phi) is 5.03. The highest BCUT2D eigenvalue weighted by atomic mass is 79.9. The molecule has 2 aromatic rings. The minimum Gasteiger partial charge on any atom is -0.480 e. The van der Waals surface area contributed by atoms with Crippen LogP contribution < -0.4 is 10.1 Å². The molecule has 1 aromatic heterocycles. The predicted octanol–water partition coefficient (Wildman–Crippen LogP) is 3.09. The van der Waals surface area contributed by atoms with E-state index in [2.05, 4.69) is 31.4 Å². The lowest BCUT2D eigenvalue weighted by Gasteiger charge is -2.18. The maximum atomic E-state index is 14.0. The average Bonchev–Trinajstić information content (AvgIpc) is 2.48. The summed E-state index contributed by atoms with van der Waals surface area (Å²) in [6.07, 6.45) is 0. The summed E-state index contributed by atoms with van der Waals surface area (Å²) in [5.41, 5.74) is 1.17. The zero-order valence-corrected chi connectivity index (χ0v) is 12.8. The van der Waals surface area contributed by atoms with E-state index in [9.17, 15) is 4.39 Å². The summed E-state index contributed by atoms with van der Waals surface area (Å²) in [7, 11) is 1.53. The van der Waals surface area contributed by atoms with Gasteiger partial charge in [-0.05, 0) is 30.8 Å². The lowest BCUT2D eigenvalue weighted by atomic mass is 10.0. The molecule has 1 atom stereocenters. The largest absolute Gasteiger partial charge is 0.480 e. The first-order chi connectivity index (χ1) is 9.65. The highest BCUT2D eigenvalue weighted by Gasteiger charge is 2.19. The van der Waals surface area contributed by atoms with Crippen LogP contribution >= 0.6 is 15.9 Å². The summed E-state index contributed by atoms with van der Waals surface area (Å²) in [4.78, 5) is 0. The lowest BCUT2D eigenvalue weighted by Crippen LogP contribution is -2.24. The topological polar surface area (TPSA) is 47.0 Å². The Morgan fingerprint density at radius 3 is 2.70 bits per heavy atom. The third-order valence-electron chi connectivity index (χ3n) is 2.84. The molecule has 0 amide bonds. The van der Waals surface area contributed by atoms with Gasteiger partial charge in [-0.15, -0.1) is 10.2 Å². The van der Waals surface area contributed by atoms with Crippen molar-refractivity contribution in [2.24, 2.45) is 0 Å². The van der Waals surface area contributed by atoms with Crippen LogP contribution in [-0.2, 0) is 0 Å². The van der Waals surface area contributed by atoms with Gasteiger partial charge in [-0.2, -0.15) is 0 Å². The second kappa shape index (κ2) is 6.76. The third kappa shape index (κ3) is 3.32. The molecule has 0 aliphatic heterocycles. The van der Waals surface area contributed by atoms with Crippen molar-refractivity contribution in [2.45, 2.75) is 13.0 Å². The van der Waals surface area contributed by atoms with E-state index in [0.717, 1.165) is 4.47 Å². The molecule has 0 bridgehead atoms. The molecule has 106 valence electrons. The number of nitrogens with one attached hydrogen (secondary N) is 1. The van der Waals surface area contributed by atoms with E-state index in [1.54, 1.807) is 24.3 Å². The molecule has 1 aromatic carbocycles. The first-order valence-corrected chi connectivity index (χ1v) is 7.01. The van der Waals surface area contributed by atoms with Gasteiger partial charge in [0.05, 0.1) is 18.8 Å². The van der Waals surface area contributed by atoms with Gasteiger partial charge in [0.15, 0.2) is 0 Å². The molecule has 1 heterocycles. The minimum atomic E-state index is -0.351. The molecule has 6 heteroatoms. The van der Waals surface area contributed by atoms with Crippen LogP contribution in [0.3, 0.4) is 0 Å². The van der Waals surface area contributed by atoms with E-state index in [1.165, 1.54) is 13.2 Å². The van der Waals surface area contributed by atoms with E-state index < -0.39 is 0 Å². The van der Waals surface area contributed by atoms with Gasteiger partial charge in [-0.1, -0.05) is 22.9 Å².